The molecule has 1 saturated heterocycles. The number of nitrogens with zero attached hydrogens (tertiary/aromatic N) is 2. The van der Waals surface area contributed by atoms with Crippen LogP contribution in [0.4, 0.5) is 5.69 Å². The van der Waals surface area contributed by atoms with Crippen LogP contribution < -0.4 is 4.74 Å². The van der Waals surface area contributed by atoms with E-state index in [2.05, 4.69) is 34.8 Å². The van der Waals surface area contributed by atoms with Gasteiger partial charge in [-0.05, 0) is 88.6 Å². The van der Waals surface area contributed by atoms with Crippen molar-refractivity contribution >= 4 is 62.1 Å². The Morgan fingerprint density at radius 3 is 2.63 bits per heavy atom. The summed E-state index contributed by atoms with van der Waals surface area (Å²) in [6.45, 7) is 6.96. The first-order valence-electron chi connectivity index (χ1n) is 9.49. The summed E-state index contributed by atoms with van der Waals surface area (Å²) in [5.41, 5.74) is 1.48. The molecule has 158 valence electrons. The van der Waals surface area contributed by atoms with Crippen LogP contribution in [0.15, 0.2) is 50.8 Å². The van der Waals surface area contributed by atoms with Crippen molar-refractivity contribution in [2.75, 3.05) is 13.2 Å². The van der Waals surface area contributed by atoms with Gasteiger partial charge < -0.3 is 9.84 Å². The summed E-state index contributed by atoms with van der Waals surface area (Å²) in [6, 6.07) is 10.7. The van der Waals surface area contributed by atoms with Gasteiger partial charge in [0.15, 0.2) is 16.7 Å². The molecule has 0 aromatic heterocycles. The van der Waals surface area contributed by atoms with Crippen molar-refractivity contribution < 1.29 is 14.6 Å². The molecule has 1 amide bonds. The molecule has 0 radical (unpaired) electrons. The summed E-state index contributed by atoms with van der Waals surface area (Å²) < 4.78 is 5.99. The lowest BCUT2D eigenvalue weighted by Crippen LogP contribution is -2.32. The Balaban J connectivity index is 1.98. The van der Waals surface area contributed by atoms with Crippen LogP contribution in [0.2, 0.25) is 5.02 Å². The van der Waals surface area contributed by atoms with E-state index >= 15 is 0 Å². The topological polar surface area (TPSA) is 62.1 Å². The maximum atomic E-state index is 13.1. The summed E-state index contributed by atoms with van der Waals surface area (Å²) in [5.74, 6) is 0.597. The molecular formula is C22H22BrClN2O3S. The van der Waals surface area contributed by atoms with Crippen LogP contribution in [0.3, 0.4) is 0 Å². The first-order chi connectivity index (χ1) is 14.3. The maximum absolute atomic E-state index is 13.1. The molecule has 1 aliphatic heterocycles. The molecule has 1 heterocycles. The first-order valence-corrected chi connectivity index (χ1v) is 11.5. The van der Waals surface area contributed by atoms with E-state index < -0.39 is 0 Å². The molecular weight excluding hydrogens is 488 g/mol. The number of amides is 1. The zero-order valence-corrected chi connectivity index (χ0v) is 20.0. The molecule has 0 bridgehead atoms. The largest absolute Gasteiger partial charge is 0.503 e. The molecule has 1 aliphatic rings. The predicted molar refractivity (Wildman–Crippen MR) is 128 cm³/mol. The number of aromatic hydroxyl groups is 1. The van der Waals surface area contributed by atoms with Crippen molar-refractivity contribution in [3.8, 4) is 11.5 Å². The Morgan fingerprint density at radius 1 is 1.30 bits per heavy atom. The minimum absolute atomic E-state index is 0.0378. The molecule has 30 heavy (non-hydrogen) atoms. The highest BCUT2D eigenvalue weighted by molar-refractivity contribution is 9.10. The lowest BCUT2D eigenvalue weighted by Gasteiger charge is -2.17. The fraction of sp³-hybridized carbons (Fsp3) is 0.273. The van der Waals surface area contributed by atoms with Crippen molar-refractivity contribution in [3.05, 3.63) is 56.4 Å². The Morgan fingerprint density at radius 2 is 2.00 bits per heavy atom. The maximum Gasteiger partial charge on any atom is 0.266 e. The van der Waals surface area contributed by atoms with E-state index in [0.717, 1.165) is 11.3 Å². The van der Waals surface area contributed by atoms with Gasteiger partial charge >= 0.3 is 0 Å². The van der Waals surface area contributed by atoms with Gasteiger partial charge in [0.1, 0.15) is 0 Å². The van der Waals surface area contributed by atoms with E-state index in [-0.39, 0.29) is 17.6 Å². The smallest absolute Gasteiger partial charge is 0.266 e. The number of phenolic OH excluding ortho intramolecular Hbond substituents is 1. The van der Waals surface area contributed by atoms with Crippen LogP contribution in [0, 0.1) is 5.92 Å². The zero-order chi connectivity index (χ0) is 21.8. The number of phenols is 1. The van der Waals surface area contributed by atoms with Crippen LogP contribution in [-0.2, 0) is 4.79 Å². The number of halogens is 2. The molecule has 8 heteroatoms. The van der Waals surface area contributed by atoms with Crippen molar-refractivity contribution in [1.82, 2.24) is 4.90 Å². The van der Waals surface area contributed by atoms with E-state index in [0.29, 0.717) is 38.5 Å². The second-order valence-electron chi connectivity index (χ2n) is 7.07. The number of aliphatic imine (C=N–C) groups is 1. The normalized spacial score (nSPS) is 16.9. The lowest BCUT2D eigenvalue weighted by molar-refractivity contribution is -0.122. The average molecular weight is 510 g/mol. The highest BCUT2D eigenvalue weighted by Crippen LogP contribution is 2.39. The summed E-state index contributed by atoms with van der Waals surface area (Å²) in [7, 11) is 0. The molecule has 0 unspecified atom stereocenters. The van der Waals surface area contributed by atoms with Gasteiger partial charge in [-0.3, -0.25) is 9.69 Å². The number of hydrogen-bond acceptors (Lipinski definition) is 5. The quantitative estimate of drug-likeness (QED) is 0.454. The second kappa shape index (κ2) is 9.90. The molecule has 0 saturated carbocycles. The average Bonchev–Trinajstić information content (AvgIpc) is 2.96. The Kier molecular flexibility index (Phi) is 7.50. The van der Waals surface area contributed by atoms with Crippen LogP contribution >= 0.6 is 39.3 Å². The minimum Gasteiger partial charge on any atom is -0.503 e. The number of thioether (sulfide) groups is 1. The van der Waals surface area contributed by atoms with Crippen LogP contribution in [0.5, 0.6) is 11.5 Å². The van der Waals surface area contributed by atoms with Crippen molar-refractivity contribution in [3.63, 3.8) is 0 Å². The molecule has 3 rings (SSSR count). The third-order valence-corrected chi connectivity index (χ3v) is 6.00. The number of rotatable bonds is 6. The summed E-state index contributed by atoms with van der Waals surface area (Å²) in [6.07, 6.45) is 1.79. The zero-order valence-electron chi connectivity index (χ0n) is 16.9. The summed E-state index contributed by atoms with van der Waals surface area (Å²) in [4.78, 5) is 20.0. The van der Waals surface area contributed by atoms with E-state index in [1.54, 1.807) is 35.2 Å². The van der Waals surface area contributed by atoms with Crippen LogP contribution in [0.1, 0.15) is 26.3 Å². The summed E-state index contributed by atoms with van der Waals surface area (Å²) >= 11 is 10.6. The lowest BCUT2D eigenvalue weighted by atomic mass is 10.1. The first kappa shape index (κ1) is 22.7. The molecule has 1 fully saturated rings. The molecule has 5 nitrogen and oxygen atoms in total. The van der Waals surface area contributed by atoms with Gasteiger partial charge in [0.2, 0.25) is 0 Å². The third kappa shape index (κ3) is 5.39. The van der Waals surface area contributed by atoms with Crippen LogP contribution in [0.25, 0.3) is 6.08 Å². The minimum atomic E-state index is -0.0939. The van der Waals surface area contributed by atoms with Gasteiger partial charge in [-0.2, -0.15) is 0 Å². The van der Waals surface area contributed by atoms with E-state index in [9.17, 15) is 9.90 Å². The van der Waals surface area contributed by atoms with E-state index in [1.807, 2.05) is 19.1 Å². The predicted octanol–water partition coefficient (Wildman–Crippen LogP) is 6.47. The Labute approximate surface area is 193 Å². The van der Waals surface area contributed by atoms with Gasteiger partial charge in [0.25, 0.3) is 5.91 Å². The Bertz CT molecular complexity index is 1010. The molecule has 1 N–H and O–H groups in total. The highest BCUT2D eigenvalue weighted by Gasteiger charge is 2.33. The number of carbonyl (C=O) groups is 1. The summed E-state index contributed by atoms with van der Waals surface area (Å²) in [5, 5.41) is 11.4. The van der Waals surface area contributed by atoms with Gasteiger partial charge in [0, 0.05) is 11.6 Å². The van der Waals surface area contributed by atoms with Crippen LogP contribution in [-0.4, -0.2) is 34.2 Å². The number of amidine groups is 1. The molecule has 0 aliphatic carbocycles. The van der Waals surface area contributed by atoms with E-state index in [1.165, 1.54) is 11.8 Å². The van der Waals surface area contributed by atoms with Gasteiger partial charge in [-0.1, -0.05) is 25.4 Å². The number of carbonyl (C=O) groups excluding carboxylic acids is 1. The van der Waals surface area contributed by atoms with Gasteiger partial charge in [-0.15, -0.1) is 0 Å². The monoisotopic (exact) mass is 508 g/mol. The van der Waals surface area contributed by atoms with E-state index in [4.69, 9.17) is 16.3 Å². The van der Waals surface area contributed by atoms with Gasteiger partial charge in [-0.25, -0.2) is 4.99 Å². The Hall–Kier alpha value is -1.96. The standard InChI is InChI=1S/C22H22BrClN2O3S/c1-4-29-18-10-14(9-17(23)20(18)27)11-19-21(28)26(12-13(2)3)22(30-19)25-16-7-5-15(24)6-8-16/h5-11,13,27H,4,12H2,1-3H3/b19-11-,25-22?. The SMILES string of the molecule is CCOc1cc(/C=C2\SC(=Nc3ccc(Cl)cc3)N(CC(C)C)C2=O)cc(Br)c1O. The number of benzene rings is 2. The van der Waals surface area contributed by atoms with Gasteiger partial charge in [0.05, 0.1) is 21.7 Å². The molecule has 2 aromatic carbocycles. The van der Waals surface area contributed by atoms with Crippen molar-refractivity contribution in [2.24, 2.45) is 10.9 Å². The fourth-order valence-electron chi connectivity index (χ4n) is 2.84. The van der Waals surface area contributed by atoms with Crippen molar-refractivity contribution in [2.45, 2.75) is 20.8 Å². The van der Waals surface area contributed by atoms with Crippen molar-refractivity contribution in [1.29, 1.82) is 0 Å². The third-order valence-electron chi connectivity index (χ3n) is 4.14. The second-order valence-corrected chi connectivity index (χ2v) is 9.37. The fourth-order valence-corrected chi connectivity index (χ4v) is 4.43. The molecule has 0 atom stereocenters. The molecule has 2 aromatic rings. The number of ether oxygens (including phenoxy) is 1. The highest BCUT2D eigenvalue weighted by atomic mass is 79.9. The molecule has 0 spiro atoms. The number of hydrogen-bond donors (Lipinski definition) is 1.